The average Bonchev–Trinajstić information content (AvgIpc) is 3.20. The Bertz CT molecular complexity index is 976. The van der Waals surface area contributed by atoms with Crippen molar-refractivity contribution in [1.29, 1.82) is 0 Å². The molecule has 0 unspecified atom stereocenters. The van der Waals surface area contributed by atoms with Crippen molar-refractivity contribution < 1.29 is 23.3 Å². The Morgan fingerprint density at radius 3 is 2.20 bits per heavy atom. The van der Waals surface area contributed by atoms with Crippen molar-refractivity contribution >= 4 is 19.1 Å². The van der Waals surface area contributed by atoms with E-state index >= 15 is 0 Å². The third-order valence-electron chi connectivity index (χ3n) is 5.09. The summed E-state index contributed by atoms with van der Waals surface area (Å²) in [7, 11) is -3.65. The molecule has 2 aromatic rings. The zero-order chi connectivity index (χ0) is 21.7. The Morgan fingerprint density at radius 2 is 1.67 bits per heavy atom. The maximum Gasteiger partial charge on any atom is 0.357 e. The summed E-state index contributed by atoms with van der Waals surface area (Å²) in [6.45, 7) is 3.82. The van der Waals surface area contributed by atoms with E-state index in [0.29, 0.717) is 17.3 Å². The first kappa shape index (κ1) is 22.1. The van der Waals surface area contributed by atoms with Crippen LogP contribution in [0.15, 0.2) is 66.0 Å². The lowest BCUT2D eigenvalue weighted by Crippen LogP contribution is -2.22. The number of Topliss-reactive ketones (excluding diaryl/α,β-unsaturated/α-hetero) is 1. The first-order valence-corrected chi connectivity index (χ1v) is 11.4. The summed E-state index contributed by atoms with van der Waals surface area (Å²) in [5, 5.41) is 11.4. The SMILES string of the molecule is CCOP(=O)(OCC)C1=CC[C@H](c2ccc([N+](=O)[O-])cc2)[C@H]1C(=O)c1ccccc1. The monoisotopic (exact) mass is 429 g/mol. The van der Waals surface area contributed by atoms with Crippen molar-refractivity contribution in [3.63, 3.8) is 0 Å². The predicted molar refractivity (Wildman–Crippen MR) is 114 cm³/mol. The van der Waals surface area contributed by atoms with Gasteiger partial charge in [-0.1, -0.05) is 48.5 Å². The minimum Gasteiger partial charge on any atom is -0.306 e. The molecule has 0 N–H and O–H groups in total. The van der Waals surface area contributed by atoms with Gasteiger partial charge in [-0.25, -0.2) is 0 Å². The Balaban J connectivity index is 2.04. The molecular weight excluding hydrogens is 405 g/mol. The fourth-order valence-corrected chi connectivity index (χ4v) is 5.82. The van der Waals surface area contributed by atoms with Crippen LogP contribution >= 0.6 is 7.60 Å². The number of hydrogen-bond donors (Lipinski definition) is 0. The van der Waals surface area contributed by atoms with Crippen molar-refractivity contribution in [2.75, 3.05) is 13.2 Å². The van der Waals surface area contributed by atoms with Gasteiger partial charge in [-0.15, -0.1) is 0 Å². The van der Waals surface area contributed by atoms with Gasteiger partial charge in [0.1, 0.15) is 0 Å². The fourth-order valence-electron chi connectivity index (χ4n) is 3.80. The van der Waals surface area contributed by atoms with E-state index in [-0.39, 0.29) is 30.6 Å². The number of carbonyl (C=O) groups excluding carboxylic acids is 1. The minimum atomic E-state index is -3.65. The van der Waals surface area contributed by atoms with Crippen LogP contribution in [0.1, 0.15) is 42.1 Å². The summed E-state index contributed by atoms with van der Waals surface area (Å²) < 4.78 is 24.6. The first-order valence-electron chi connectivity index (χ1n) is 9.84. The summed E-state index contributed by atoms with van der Waals surface area (Å²) in [4.78, 5) is 24.0. The smallest absolute Gasteiger partial charge is 0.306 e. The van der Waals surface area contributed by atoms with Gasteiger partial charge < -0.3 is 9.05 Å². The quantitative estimate of drug-likeness (QED) is 0.219. The number of allylic oxidation sites excluding steroid dienone is 2. The van der Waals surface area contributed by atoms with Gasteiger partial charge in [0.05, 0.1) is 24.1 Å². The molecule has 0 saturated heterocycles. The summed E-state index contributed by atoms with van der Waals surface area (Å²) in [5.74, 6) is -1.23. The van der Waals surface area contributed by atoms with E-state index in [9.17, 15) is 19.5 Å². The zero-order valence-electron chi connectivity index (χ0n) is 16.9. The first-order chi connectivity index (χ1) is 14.4. The Hall–Kier alpha value is -2.60. The number of hydrogen-bond acceptors (Lipinski definition) is 6. The number of nitro benzene ring substituents is 1. The van der Waals surface area contributed by atoms with Crippen LogP contribution in [0.4, 0.5) is 5.69 Å². The van der Waals surface area contributed by atoms with Crippen molar-refractivity contribution in [3.8, 4) is 0 Å². The third kappa shape index (κ3) is 4.43. The summed E-state index contributed by atoms with van der Waals surface area (Å²) in [5.41, 5.74) is 1.24. The highest BCUT2D eigenvalue weighted by Gasteiger charge is 2.46. The number of non-ortho nitro benzene ring substituents is 1. The molecule has 2 atom stereocenters. The number of carbonyl (C=O) groups is 1. The van der Waals surface area contributed by atoms with Crippen LogP contribution in [0.2, 0.25) is 0 Å². The second kappa shape index (κ2) is 9.47. The van der Waals surface area contributed by atoms with Gasteiger partial charge in [0.15, 0.2) is 5.78 Å². The van der Waals surface area contributed by atoms with E-state index in [4.69, 9.17) is 9.05 Å². The van der Waals surface area contributed by atoms with Gasteiger partial charge in [-0.3, -0.25) is 19.5 Å². The molecular formula is C22H24NO6P. The number of rotatable bonds is 9. The van der Waals surface area contributed by atoms with Crippen molar-refractivity contribution in [3.05, 3.63) is 87.2 Å². The van der Waals surface area contributed by atoms with Crippen LogP contribution < -0.4 is 0 Å². The van der Waals surface area contributed by atoms with Crippen LogP contribution in [0.5, 0.6) is 0 Å². The fraction of sp³-hybridized carbons (Fsp3) is 0.318. The van der Waals surface area contributed by atoms with Gasteiger partial charge in [0, 0.05) is 28.9 Å². The van der Waals surface area contributed by atoms with E-state index in [1.165, 1.54) is 12.1 Å². The molecule has 2 aromatic carbocycles. The van der Waals surface area contributed by atoms with Crippen LogP contribution in [0, 0.1) is 16.0 Å². The lowest BCUT2D eigenvalue weighted by Gasteiger charge is -2.26. The molecule has 0 radical (unpaired) electrons. The van der Waals surface area contributed by atoms with Gasteiger partial charge in [-0.05, 0) is 25.8 Å². The largest absolute Gasteiger partial charge is 0.357 e. The number of nitro groups is 1. The molecule has 0 fully saturated rings. The van der Waals surface area contributed by atoms with Crippen LogP contribution in [0.3, 0.4) is 0 Å². The van der Waals surface area contributed by atoms with Gasteiger partial charge in [0.25, 0.3) is 5.69 Å². The highest BCUT2D eigenvalue weighted by molar-refractivity contribution is 7.58. The predicted octanol–water partition coefficient (Wildman–Crippen LogP) is 5.73. The molecule has 0 heterocycles. The van der Waals surface area contributed by atoms with Crippen molar-refractivity contribution in [1.82, 2.24) is 0 Å². The van der Waals surface area contributed by atoms with E-state index in [2.05, 4.69) is 0 Å². The maximum atomic E-state index is 13.5. The lowest BCUT2D eigenvalue weighted by atomic mass is 9.83. The molecule has 0 amide bonds. The Kier molecular flexibility index (Phi) is 6.98. The molecule has 7 nitrogen and oxygen atoms in total. The average molecular weight is 429 g/mol. The molecule has 8 heteroatoms. The van der Waals surface area contributed by atoms with Crippen LogP contribution in [-0.4, -0.2) is 23.9 Å². The highest BCUT2D eigenvalue weighted by Crippen LogP contribution is 2.64. The highest BCUT2D eigenvalue weighted by atomic mass is 31.2. The standard InChI is InChI=1S/C22H24NO6P/c1-3-28-30(27,29-4-2)20-15-14-19(16-10-12-18(13-11-16)23(25)26)21(20)22(24)17-8-6-5-7-9-17/h5-13,15,19,21H,3-4,14H2,1-2H3/t19-,21-/m1/s1. The van der Waals surface area contributed by atoms with E-state index < -0.39 is 18.4 Å². The molecule has 0 spiro atoms. The molecule has 1 aliphatic carbocycles. The molecule has 0 saturated carbocycles. The van der Waals surface area contributed by atoms with Crippen molar-refractivity contribution in [2.24, 2.45) is 5.92 Å². The Morgan fingerprint density at radius 1 is 1.07 bits per heavy atom. The lowest BCUT2D eigenvalue weighted by molar-refractivity contribution is -0.384. The number of nitrogens with zero attached hydrogens (tertiary/aromatic N) is 1. The molecule has 1 aliphatic rings. The summed E-state index contributed by atoms with van der Waals surface area (Å²) in [6, 6.07) is 14.9. The third-order valence-corrected chi connectivity index (χ3v) is 7.38. The second-order valence-corrected chi connectivity index (χ2v) is 8.89. The van der Waals surface area contributed by atoms with Crippen LogP contribution in [0.25, 0.3) is 0 Å². The molecule has 0 bridgehead atoms. The van der Waals surface area contributed by atoms with E-state index in [0.717, 1.165) is 5.56 Å². The number of ketones is 1. The second-order valence-electron chi connectivity index (χ2n) is 6.86. The number of benzene rings is 2. The van der Waals surface area contributed by atoms with Gasteiger partial charge in [0.2, 0.25) is 0 Å². The minimum absolute atomic E-state index is 0.0230. The Labute approximate surface area is 175 Å². The molecule has 0 aromatic heterocycles. The normalized spacial score (nSPS) is 18.8. The molecule has 3 rings (SSSR count). The molecule has 30 heavy (non-hydrogen) atoms. The van der Waals surface area contributed by atoms with Gasteiger partial charge >= 0.3 is 7.60 Å². The van der Waals surface area contributed by atoms with Gasteiger partial charge in [-0.2, -0.15) is 0 Å². The molecule has 0 aliphatic heterocycles. The van der Waals surface area contributed by atoms with Crippen LogP contribution in [-0.2, 0) is 13.6 Å². The summed E-state index contributed by atoms with van der Waals surface area (Å²) >= 11 is 0. The maximum absolute atomic E-state index is 13.5. The summed E-state index contributed by atoms with van der Waals surface area (Å²) in [6.07, 6.45) is 2.23. The topological polar surface area (TPSA) is 95.7 Å². The molecule has 158 valence electrons. The van der Waals surface area contributed by atoms with Crippen molar-refractivity contribution in [2.45, 2.75) is 26.2 Å². The van der Waals surface area contributed by atoms with E-state index in [1.807, 2.05) is 6.07 Å². The van der Waals surface area contributed by atoms with E-state index in [1.54, 1.807) is 56.3 Å². The zero-order valence-corrected chi connectivity index (χ0v) is 17.8.